The molecule has 120 valence electrons. The van der Waals surface area contributed by atoms with Gasteiger partial charge in [0.15, 0.2) is 0 Å². The highest BCUT2D eigenvalue weighted by Gasteiger charge is 2.41. The zero-order valence-corrected chi connectivity index (χ0v) is 14.7. The van der Waals surface area contributed by atoms with Crippen LogP contribution in [0.2, 0.25) is 0 Å². The van der Waals surface area contributed by atoms with E-state index in [1.165, 1.54) is 38.8 Å². The summed E-state index contributed by atoms with van der Waals surface area (Å²) in [7, 11) is 0. The summed E-state index contributed by atoms with van der Waals surface area (Å²) in [4.78, 5) is 2.67. The SMILES string of the molecule is CCC(C)(C)C1CCC(C#N)C(N2CC(C)CC(C)C2)C1. The third kappa shape index (κ3) is 3.81. The second-order valence-corrected chi connectivity index (χ2v) is 8.55. The minimum atomic E-state index is 0.256. The van der Waals surface area contributed by atoms with E-state index in [0.717, 1.165) is 24.2 Å². The predicted octanol–water partition coefficient (Wildman–Crippen LogP) is 4.71. The van der Waals surface area contributed by atoms with Crippen LogP contribution >= 0.6 is 0 Å². The van der Waals surface area contributed by atoms with Crippen molar-refractivity contribution in [1.82, 2.24) is 4.90 Å². The van der Waals surface area contributed by atoms with Gasteiger partial charge in [-0.3, -0.25) is 4.90 Å². The van der Waals surface area contributed by atoms with Gasteiger partial charge < -0.3 is 0 Å². The van der Waals surface area contributed by atoms with Crippen LogP contribution in [0.3, 0.4) is 0 Å². The third-order valence-corrected chi connectivity index (χ3v) is 6.36. The van der Waals surface area contributed by atoms with E-state index in [2.05, 4.69) is 45.6 Å². The summed E-state index contributed by atoms with van der Waals surface area (Å²) in [5.74, 6) is 2.61. The second-order valence-electron chi connectivity index (χ2n) is 8.55. The molecule has 0 N–H and O–H groups in total. The number of hydrogen-bond acceptors (Lipinski definition) is 2. The minimum Gasteiger partial charge on any atom is -0.299 e. The van der Waals surface area contributed by atoms with Crippen LogP contribution in [0, 0.1) is 40.4 Å². The first-order chi connectivity index (χ1) is 9.87. The normalized spacial score (nSPS) is 39.0. The first kappa shape index (κ1) is 16.8. The summed E-state index contributed by atoms with van der Waals surface area (Å²) in [5.41, 5.74) is 0.422. The molecule has 0 aromatic carbocycles. The Bertz CT molecular complexity index is 372. The zero-order chi connectivity index (χ0) is 15.6. The van der Waals surface area contributed by atoms with E-state index in [9.17, 15) is 5.26 Å². The average molecular weight is 290 g/mol. The van der Waals surface area contributed by atoms with Gasteiger partial charge >= 0.3 is 0 Å². The number of rotatable bonds is 3. The Morgan fingerprint density at radius 1 is 1.10 bits per heavy atom. The Morgan fingerprint density at radius 2 is 1.71 bits per heavy atom. The van der Waals surface area contributed by atoms with Crippen molar-refractivity contribution in [3.63, 3.8) is 0 Å². The molecule has 1 saturated heterocycles. The molecular formula is C19H34N2. The van der Waals surface area contributed by atoms with Gasteiger partial charge in [-0.25, -0.2) is 0 Å². The van der Waals surface area contributed by atoms with Gasteiger partial charge in [-0.2, -0.15) is 5.26 Å². The molecular weight excluding hydrogens is 256 g/mol. The molecule has 2 rings (SSSR count). The number of likely N-dealkylation sites (tertiary alicyclic amines) is 1. The van der Waals surface area contributed by atoms with E-state index in [1.54, 1.807) is 0 Å². The van der Waals surface area contributed by atoms with Crippen LogP contribution in [-0.2, 0) is 0 Å². The minimum absolute atomic E-state index is 0.256. The largest absolute Gasteiger partial charge is 0.299 e. The molecule has 5 atom stereocenters. The Kier molecular flexibility index (Phi) is 5.36. The first-order valence-corrected chi connectivity index (χ1v) is 9.01. The van der Waals surface area contributed by atoms with Gasteiger partial charge in [0.1, 0.15) is 0 Å². The molecule has 5 unspecified atom stereocenters. The number of nitriles is 1. The molecule has 0 aromatic rings. The summed E-state index contributed by atoms with van der Waals surface area (Å²) < 4.78 is 0. The van der Waals surface area contributed by atoms with Crippen LogP contribution in [0.5, 0.6) is 0 Å². The Labute approximate surface area is 131 Å². The fourth-order valence-corrected chi connectivity index (χ4v) is 4.68. The van der Waals surface area contributed by atoms with E-state index in [-0.39, 0.29) is 5.92 Å². The van der Waals surface area contributed by atoms with E-state index < -0.39 is 0 Å². The van der Waals surface area contributed by atoms with Crippen LogP contribution in [0.25, 0.3) is 0 Å². The van der Waals surface area contributed by atoms with Gasteiger partial charge in [-0.1, -0.05) is 41.0 Å². The van der Waals surface area contributed by atoms with E-state index in [0.29, 0.717) is 11.5 Å². The molecule has 0 bridgehead atoms. The standard InChI is InChI=1S/C19H34N2/c1-6-19(4,5)17-8-7-16(11-20)18(10-17)21-12-14(2)9-15(3)13-21/h14-18H,6-10,12-13H2,1-5H3. The van der Waals surface area contributed by atoms with Crippen molar-refractivity contribution in [2.24, 2.45) is 29.1 Å². The molecule has 1 aliphatic heterocycles. The lowest BCUT2D eigenvalue weighted by atomic mass is 9.65. The lowest BCUT2D eigenvalue weighted by molar-refractivity contribution is 0.0173. The van der Waals surface area contributed by atoms with E-state index in [4.69, 9.17) is 0 Å². The van der Waals surface area contributed by atoms with Crippen LogP contribution in [0.1, 0.15) is 66.7 Å². The highest BCUT2D eigenvalue weighted by molar-refractivity contribution is 5.00. The molecule has 1 heterocycles. The number of piperidine rings is 1. The van der Waals surface area contributed by atoms with Crippen molar-refractivity contribution >= 4 is 0 Å². The van der Waals surface area contributed by atoms with Crippen molar-refractivity contribution in [3.8, 4) is 6.07 Å². The predicted molar refractivity (Wildman–Crippen MR) is 88.8 cm³/mol. The molecule has 0 radical (unpaired) electrons. The molecule has 0 amide bonds. The van der Waals surface area contributed by atoms with Crippen LogP contribution in [-0.4, -0.2) is 24.0 Å². The Hall–Kier alpha value is -0.550. The molecule has 2 nitrogen and oxygen atoms in total. The van der Waals surface area contributed by atoms with Gasteiger partial charge in [-0.15, -0.1) is 0 Å². The lowest BCUT2D eigenvalue weighted by Crippen LogP contribution is -2.51. The molecule has 0 aromatic heterocycles. The monoisotopic (exact) mass is 290 g/mol. The topological polar surface area (TPSA) is 27.0 Å². The molecule has 0 spiro atoms. The molecule has 2 heteroatoms. The Balaban J connectivity index is 2.12. The Morgan fingerprint density at radius 3 is 2.24 bits per heavy atom. The lowest BCUT2D eigenvalue weighted by Gasteiger charge is -2.48. The van der Waals surface area contributed by atoms with Crippen LogP contribution < -0.4 is 0 Å². The maximum Gasteiger partial charge on any atom is 0.0672 e. The van der Waals surface area contributed by atoms with Crippen LogP contribution in [0.4, 0.5) is 0 Å². The van der Waals surface area contributed by atoms with Gasteiger partial charge in [0.25, 0.3) is 0 Å². The fraction of sp³-hybridized carbons (Fsp3) is 0.947. The highest BCUT2D eigenvalue weighted by atomic mass is 15.2. The summed E-state index contributed by atoms with van der Waals surface area (Å²) in [6, 6.07) is 3.13. The summed E-state index contributed by atoms with van der Waals surface area (Å²) in [6.07, 6.45) is 6.18. The molecule has 2 aliphatic rings. The average Bonchev–Trinajstić information content (AvgIpc) is 2.45. The van der Waals surface area contributed by atoms with Gasteiger partial charge in [-0.05, 0) is 48.9 Å². The zero-order valence-electron chi connectivity index (χ0n) is 14.7. The quantitative estimate of drug-likeness (QED) is 0.752. The molecule has 21 heavy (non-hydrogen) atoms. The van der Waals surface area contributed by atoms with Gasteiger partial charge in [0, 0.05) is 19.1 Å². The maximum absolute atomic E-state index is 9.59. The smallest absolute Gasteiger partial charge is 0.0672 e. The molecule has 1 aliphatic carbocycles. The van der Waals surface area contributed by atoms with Crippen molar-refractivity contribution in [2.45, 2.75) is 72.8 Å². The van der Waals surface area contributed by atoms with E-state index >= 15 is 0 Å². The van der Waals surface area contributed by atoms with Crippen LogP contribution in [0.15, 0.2) is 0 Å². The van der Waals surface area contributed by atoms with Crippen molar-refractivity contribution < 1.29 is 0 Å². The van der Waals surface area contributed by atoms with Gasteiger partial charge in [0.05, 0.1) is 12.0 Å². The number of hydrogen-bond donors (Lipinski definition) is 0. The first-order valence-electron chi connectivity index (χ1n) is 9.01. The second kappa shape index (κ2) is 6.69. The van der Waals surface area contributed by atoms with Crippen molar-refractivity contribution in [2.75, 3.05) is 13.1 Å². The van der Waals surface area contributed by atoms with Crippen molar-refractivity contribution in [1.29, 1.82) is 5.26 Å². The third-order valence-electron chi connectivity index (χ3n) is 6.36. The maximum atomic E-state index is 9.59. The summed E-state index contributed by atoms with van der Waals surface area (Å²) >= 11 is 0. The van der Waals surface area contributed by atoms with Crippen molar-refractivity contribution in [3.05, 3.63) is 0 Å². The molecule has 1 saturated carbocycles. The highest BCUT2D eigenvalue weighted by Crippen LogP contribution is 2.44. The van der Waals surface area contributed by atoms with E-state index in [1.807, 2.05) is 0 Å². The molecule has 2 fully saturated rings. The fourth-order valence-electron chi connectivity index (χ4n) is 4.68. The summed E-state index contributed by atoms with van der Waals surface area (Å²) in [6.45, 7) is 14.3. The van der Waals surface area contributed by atoms with Gasteiger partial charge in [0.2, 0.25) is 0 Å². The summed E-state index contributed by atoms with van der Waals surface area (Å²) in [5, 5.41) is 9.59. The number of nitrogens with zero attached hydrogens (tertiary/aromatic N) is 2.